The van der Waals surface area contributed by atoms with Gasteiger partial charge in [-0.2, -0.15) is 9.36 Å². The molecular formula is C19H21FN6S. The molecule has 3 aromatic rings. The van der Waals surface area contributed by atoms with Crippen molar-refractivity contribution in [2.45, 2.75) is 6.42 Å². The summed E-state index contributed by atoms with van der Waals surface area (Å²) in [5, 5.41) is 4.21. The fourth-order valence-corrected chi connectivity index (χ4v) is 3.77. The molecule has 140 valence electrons. The van der Waals surface area contributed by atoms with E-state index in [2.05, 4.69) is 29.5 Å². The van der Waals surface area contributed by atoms with E-state index in [1.807, 2.05) is 30.3 Å². The summed E-state index contributed by atoms with van der Waals surface area (Å²) in [4.78, 5) is 13.4. The number of anilines is 3. The summed E-state index contributed by atoms with van der Waals surface area (Å²) in [5.41, 5.74) is 2.11. The van der Waals surface area contributed by atoms with Crippen LogP contribution in [0, 0.1) is 5.82 Å². The van der Waals surface area contributed by atoms with Crippen LogP contribution in [0.3, 0.4) is 0 Å². The Morgan fingerprint density at radius 2 is 1.78 bits per heavy atom. The third-order valence-electron chi connectivity index (χ3n) is 4.55. The van der Waals surface area contributed by atoms with Crippen LogP contribution < -0.4 is 15.1 Å². The molecule has 8 heteroatoms. The van der Waals surface area contributed by atoms with Gasteiger partial charge in [-0.3, -0.25) is 4.98 Å². The van der Waals surface area contributed by atoms with Gasteiger partial charge in [-0.05, 0) is 36.4 Å². The molecule has 0 radical (unpaired) electrons. The zero-order valence-electron chi connectivity index (χ0n) is 14.9. The summed E-state index contributed by atoms with van der Waals surface area (Å²) >= 11 is 1.42. The van der Waals surface area contributed by atoms with Gasteiger partial charge in [0.05, 0.1) is 0 Å². The first-order chi connectivity index (χ1) is 13.3. The van der Waals surface area contributed by atoms with Crippen molar-refractivity contribution < 1.29 is 4.39 Å². The van der Waals surface area contributed by atoms with E-state index in [1.165, 1.54) is 23.7 Å². The Kier molecular flexibility index (Phi) is 5.43. The van der Waals surface area contributed by atoms with Crippen LogP contribution in [0.4, 0.5) is 21.2 Å². The number of rotatable bonds is 6. The Labute approximate surface area is 161 Å². The highest BCUT2D eigenvalue weighted by atomic mass is 32.1. The molecule has 0 unspecified atom stereocenters. The molecule has 3 heterocycles. The van der Waals surface area contributed by atoms with Gasteiger partial charge in [0, 0.05) is 68.3 Å². The summed E-state index contributed by atoms with van der Waals surface area (Å²) in [5.74, 6) is 0.473. The first-order valence-corrected chi connectivity index (χ1v) is 9.78. The number of piperazine rings is 1. The van der Waals surface area contributed by atoms with Crippen LogP contribution in [0.5, 0.6) is 0 Å². The van der Waals surface area contributed by atoms with Gasteiger partial charge < -0.3 is 15.1 Å². The number of nitrogens with zero attached hydrogens (tertiary/aromatic N) is 5. The van der Waals surface area contributed by atoms with Crippen LogP contribution in [0.25, 0.3) is 0 Å². The molecule has 1 aliphatic rings. The zero-order chi connectivity index (χ0) is 18.5. The normalized spacial score (nSPS) is 14.4. The molecule has 1 saturated heterocycles. The fraction of sp³-hybridized carbons (Fsp3) is 0.316. The van der Waals surface area contributed by atoms with E-state index >= 15 is 0 Å². The fourth-order valence-electron chi connectivity index (χ4n) is 3.07. The predicted octanol–water partition coefficient (Wildman–Crippen LogP) is 3.05. The highest BCUT2D eigenvalue weighted by Crippen LogP contribution is 2.23. The molecule has 1 aliphatic heterocycles. The van der Waals surface area contributed by atoms with Gasteiger partial charge in [-0.15, -0.1) is 0 Å². The lowest BCUT2D eigenvalue weighted by molar-refractivity contribution is 0.624. The van der Waals surface area contributed by atoms with Crippen LogP contribution in [0.15, 0.2) is 48.7 Å². The zero-order valence-corrected chi connectivity index (χ0v) is 15.7. The minimum Gasteiger partial charge on any atom is -0.368 e. The number of hydrogen-bond acceptors (Lipinski definition) is 7. The van der Waals surface area contributed by atoms with Crippen LogP contribution in [0.2, 0.25) is 0 Å². The second kappa shape index (κ2) is 8.30. The maximum atomic E-state index is 13.1. The first-order valence-electron chi connectivity index (χ1n) is 9.01. The van der Waals surface area contributed by atoms with Crippen molar-refractivity contribution in [3.63, 3.8) is 0 Å². The van der Waals surface area contributed by atoms with Gasteiger partial charge in [-0.25, -0.2) is 4.39 Å². The second-order valence-corrected chi connectivity index (χ2v) is 7.08. The summed E-state index contributed by atoms with van der Waals surface area (Å²) in [6.45, 7) is 4.27. The Hall–Kier alpha value is -2.74. The van der Waals surface area contributed by atoms with Gasteiger partial charge in [-0.1, -0.05) is 6.07 Å². The Bertz CT molecular complexity index is 846. The van der Waals surface area contributed by atoms with E-state index < -0.39 is 0 Å². The molecule has 6 nitrogen and oxygen atoms in total. The average Bonchev–Trinajstić information content (AvgIpc) is 3.19. The van der Waals surface area contributed by atoms with Crippen molar-refractivity contribution >= 4 is 28.3 Å². The summed E-state index contributed by atoms with van der Waals surface area (Å²) < 4.78 is 17.5. The van der Waals surface area contributed by atoms with Crippen molar-refractivity contribution in [2.24, 2.45) is 0 Å². The van der Waals surface area contributed by atoms with E-state index in [4.69, 9.17) is 0 Å². The smallest absolute Gasteiger partial charge is 0.236 e. The molecule has 1 aromatic carbocycles. The van der Waals surface area contributed by atoms with Gasteiger partial charge in [0.1, 0.15) is 5.82 Å². The Morgan fingerprint density at radius 3 is 2.52 bits per heavy atom. The summed E-state index contributed by atoms with van der Waals surface area (Å²) in [6, 6.07) is 12.6. The molecule has 4 rings (SSSR count). The number of pyridine rings is 1. The minimum absolute atomic E-state index is 0.200. The van der Waals surface area contributed by atoms with Crippen LogP contribution in [-0.4, -0.2) is 47.1 Å². The van der Waals surface area contributed by atoms with Crippen LogP contribution in [0.1, 0.15) is 5.69 Å². The topological polar surface area (TPSA) is 57.2 Å². The monoisotopic (exact) mass is 384 g/mol. The van der Waals surface area contributed by atoms with E-state index in [9.17, 15) is 4.39 Å². The molecule has 0 atom stereocenters. The predicted molar refractivity (Wildman–Crippen MR) is 107 cm³/mol. The highest BCUT2D eigenvalue weighted by molar-refractivity contribution is 7.09. The average molecular weight is 384 g/mol. The Balaban J connectivity index is 1.27. The second-order valence-electron chi connectivity index (χ2n) is 6.35. The molecule has 0 bridgehead atoms. The molecule has 1 fully saturated rings. The summed E-state index contributed by atoms with van der Waals surface area (Å²) in [7, 11) is 0. The largest absolute Gasteiger partial charge is 0.368 e. The number of hydrogen-bond donors (Lipinski definition) is 1. The van der Waals surface area contributed by atoms with Gasteiger partial charge >= 0.3 is 0 Å². The van der Waals surface area contributed by atoms with Gasteiger partial charge in [0.15, 0.2) is 0 Å². The summed E-state index contributed by atoms with van der Waals surface area (Å²) in [6.07, 6.45) is 2.64. The number of nitrogens with one attached hydrogen (secondary N) is 1. The van der Waals surface area contributed by atoms with Crippen molar-refractivity contribution in [3.05, 3.63) is 60.2 Å². The quantitative estimate of drug-likeness (QED) is 0.705. The van der Waals surface area contributed by atoms with E-state index in [0.29, 0.717) is 5.95 Å². The van der Waals surface area contributed by atoms with Crippen molar-refractivity contribution in [2.75, 3.05) is 47.8 Å². The van der Waals surface area contributed by atoms with Gasteiger partial charge in [0.2, 0.25) is 11.1 Å². The molecule has 27 heavy (non-hydrogen) atoms. The van der Waals surface area contributed by atoms with Crippen LogP contribution in [-0.2, 0) is 6.42 Å². The van der Waals surface area contributed by atoms with Crippen molar-refractivity contribution in [1.82, 2.24) is 14.3 Å². The van der Waals surface area contributed by atoms with E-state index in [1.54, 1.807) is 6.20 Å². The number of aromatic nitrogens is 3. The molecule has 0 aliphatic carbocycles. The van der Waals surface area contributed by atoms with E-state index in [-0.39, 0.29) is 5.82 Å². The molecule has 0 spiro atoms. The first kappa shape index (κ1) is 17.7. The molecular weight excluding hydrogens is 363 g/mol. The number of halogens is 1. The van der Waals surface area contributed by atoms with Crippen LogP contribution >= 0.6 is 11.5 Å². The molecule has 2 aromatic heterocycles. The SMILES string of the molecule is Fc1ccc(N2CCN(c3nc(NCCc4ccccn4)ns3)CC2)cc1. The Morgan fingerprint density at radius 1 is 1.00 bits per heavy atom. The molecule has 1 N–H and O–H groups in total. The molecule has 0 saturated carbocycles. The van der Waals surface area contributed by atoms with E-state index in [0.717, 1.165) is 55.7 Å². The van der Waals surface area contributed by atoms with Crippen molar-refractivity contribution in [3.8, 4) is 0 Å². The standard InChI is InChI=1S/C19H21FN6S/c20-15-4-6-17(7-5-15)25-11-13-26(14-12-25)19-23-18(24-27-19)22-10-8-16-3-1-2-9-21-16/h1-7,9H,8,10-14H2,(H,22,24). The third kappa shape index (κ3) is 4.51. The lowest BCUT2D eigenvalue weighted by Crippen LogP contribution is -2.46. The third-order valence-corrected chi connectivity index (χ3v) is 5.32. The maximum Gasteiger partial charge on any atom is 0.236 e. The lowest BCUT2D eigenvalue weighted by Gasteiger charge is -2.35. The number of benzene rings is 1. The van der Waals surface area contributed by atoms with Crippen molar-refractivity contribution in [1.29, 1.82) is 0 Å². The highest BCUT2D eigenvalue weighted by Gasteiger charge is 2.20. The maximum absolute atomic E-state index is 13.1. The molecule has 0 amide bonds. The lowest BCUT2D eigenvalue weighted by atomic mass is 10.2. The minimum atomic E-state index is -0.200. The van der Waals surface area contributed by atoms with Gasteiger partial charge in [0.25, 0.3) is 0 Å².